The lowest BCUT2D eigenvalue weighted by Gasteiger charge is -2.29. The molecule has 0 radical (unpaired) electrons. The topological polar surface area (TPSA) is 24.9 Å². The maximum Gasteiger partial charge on any atom is 0.129 e. The average molecular weight is 283 g/mol. The Morgan fingerprint density at radius 2 is 2.12 bits per heavy atom. The van der Waals surface area contributed by atoms with Crippen molar-refractivity contribution in [3.8, 4) is 0 Å². The van der Waals surface area contributed by atoms with Gasteiger partial charge in [-0.25, -0.2) is 4.98 Å². The molecule has 0 saturated heterocycles. The Balaban J connectivity index is 1.96. The highest BCUT2D eigenvalue weighted by Gasteiger charge is 2.20. The fourth-order valence-corrected chi connectivity index (χ4v) is 2.86. The van der Waals surface area contributed by atoms with E-state index < -0.39 is 0 Å². The van der Waals surface area contributed by atoms with Gasteiger partial charge in [-0.2, -0.15) is 0 Å². The van der Waals surface area contributed by atoms with Gasteiger partial charge in [-0.15, -0.1) is 0 Å². The number of halogens is 1. The van der Waals surface area contributed by atoms with Gasteiger partial charge in [0.15, 0.2) is 0 Å². The van der Waals surface area contributed by atoms with Gasteiger partial charge in [0.2, 0.25) is 0 Å². The molecular weight excluding hydrogens is 264 g/mol. The monoisotopic (exact) mass is 282 g/mol. The Morgan fingerprint density at radius 3 is 2.81 bits per heavy atom. The van der Waals surface area contributed by atoms with Gasteiger partial charge in [0.25, 0.3) is 0 Å². The fourth-order valence-electron chi connectivity index (χ4n) is 2.49. The SMILES string of the molecule is CC(Nc1cccnc1Br)C1CCCCC1. The molecule has 1 aliphatic carbocycles. The largest absolute Gasteiger partial charge is 0.380 e. The molecule has 1 unspecified atom stereocenters. The standard InChI is InChI=1S/C13H19BrN2/c1-10(11-6-3-2-4-7-11)16-12-8-5-9-15-13(12)14/h5,8-11,16H,2-4,6-7H2,1H3. The fraction of sp³-hybridized carbons (Fsp3) is 0.615. The Bertz CT molecular complexity index is 334. The van der Waals surface area contributed by atoms with Crippen molar-refractivity contribution >= 4 is 21.6 Å². The smallest absolute Gasteiger partial charge is 0.129 e. The van der Waals surface area contributed by atoms with Crippen LogP contribution in [0.4, 0.5) is 5.69 Å². The molecule has 1 aromatic rings. The maximum absolute atomic E-state index is 4.23. The highest BCUT2D eigenvalue weighted by molar-refractivity contribution is 9.10. The molecule has 1 saturated carbocycles. The van der Waals surface area contributed by atoms with Crippen LogP contribution in [0.2, 0.25) is 0 Å². The summed E-state index contributed by atoms with van der Waals surface area (Å²) in [6.45, 7) is 2.29. The van der Waals surface area contributed by atoms with E-state index in [1.807, 2.05) is 6.07 Å². The van der Waals surface area contributed by atoms with Gasteiger partial charge < -0.3 is 5.32 Å². The lowest BCUT2D eigenvalue weighted by Crippen LogP contribution is -2.27. The van der Waals surface area contributed by atoms with E-state index in [2.05, 4.69) is 39.2 Å². The van der Waals surface area contributed by atoms with Crippen LogP contribution < -0.4 is 5.32 Å². The Labute approximate surface area is 106 Å². The first kappa shape index (κ1) is 11.9. The zero-order valence-electron chi connectivity index (χ0n) is 9.75. The molecule has 16 heavy (non-hydrogen) atoms. The summed E-state index contributed by atoms with van der Waals surface area (Å²) in [5.41, 5.74) is 1.11. The summed E-state index contributed by atoms with van der Waals surface area (Å²) < 4.78 is 0.914. The van der Waals surface area contributed by atoms with E-state index in [-0.39, 0.29) is 0 Å². The zero-order valence-corrected chi connectivity index (χ0v) is 11.3. The second kappa shape index (κ2) is 5.67. The van der Waals surface area contributed by atoms with Gasteiger partial charge in [0, 0.05) is 12.2 Å². The van der Waals surface area contributed by atoms with Crippen LogP contribution in [-0.4, -0.2) is 11.0 Å². The van der Waals surface area contributed by atoms with E-state index in [1.54, 1.807) is 6.20 Å². The molecule has 2 nitrogen and oxygen atoms in total. The number of nitrogens with zero attached hydrogens (tertiary/aromatic N) is 1. The minimum absolute atomic E-state index is 0.542. The molecule has 3 heteroatoms. The van der Waals surface area contributed by atoms with Crippen LogP contribution in [0.5, 0.6) is 0 Å². The van der Waals surface area contributed by atoms with Crippen LogP contribution in [0.3, 0.4) is 0 Å². The van der Waals surface area contributed by atoms with E-state index in [0.29, 0.717) is 6.04 Å². The van der Waals surface area contributed by atoms with E-state index in [4.69, 9.17) is 0 Å². The number of anilines is 1. The number of aromatic nitrogens is 1. The first-order valence-corrected chi connectivity index (χ1v) is 6.93. The number of hydrogen-bond donors (Lipinski definition) is 1. The van der Waals surface area contributed by atoms with Gasteiger partial charge in [-0.3, -0.25) is 0 Å². The number of rotatable bonds is 3. The van der Waals surface area contributed by atoms with Crippen LogP contribution in [0.25, 0.3) is 0 Å². The quantitative estimate of drug-likeness (QED) is 0.840. The lowest BCUT2D eigenvalue weighted by atomic mass is 9.84. The normalized spacial score (nSPS) is 19.4. The van der Waals surface area contributed by atoms with Crippen molar-refractivity contribution in [1.82, 2.24) is 4.98 Å². The molecular formula is C13H19BrN2. The highest BCUT2D eigenvalue weighted by Crippen LogP contribution is 2.29. The minimum Gasteiger partial charge on any atom is -0.380 e. The van der Waals surface area contributed by atoms with Gasteiger partial charge in [0.1, 0.15) is 4.60 Å². The van der Waals surface area contributed by atoms with Crippen LogP contribution in [0, 0.1) is 5.92 Å². The summed E-state index contributed by atoms with van der Waals surface area (Å²) in [5.74, 6) is 0.820. The van der Waals surface area contributed by atoms with Crippen LogP contribution >= 0.6 is 15.9 Å². The predicted octanol–water partition coefficient (Wildman–Crippen LogP) is 4.22. The third-order valence-electron chi connectivity index (χ3n) is 3.50. The molecule has 0 amide bonds. The predicted molar refractivity (Wildman–Crippen MR) is 71.6 cm³/mol. The van der Waals surface area contributed by atoms with Gasteiger partial charge in [0.05, 0.1) is 5.69 Å². The Morgan fingerprint density at radius 1 is 1.38 bits per heavy atom. The number of pyridine rings is 1. The summed E-state index contributed by atoms with van der Waals surface area (Å²) in [7, 11) is 0. The van der Waals surface area contributed by atoms with Gasteiger partial charge in [-0.1, -0.05) is 19.3 Å². The van der Waals surface area contributed by atoms with E-state index in [9.17, 15) is 0 Å². The van der Waals surface area contributed by atoms with Crippen LogP contribution in [-0.2, 0) is 0 Å². The zero-order chi connectivity index (χ0) is 11.4. The number of nitrogens with one attached hydrogen (secondary N) is 1. The molecule has 0 spiro atoms. The van der Waals surface area contributed by atoms with Crippen molar-refractivity contribution in [3.05, 3.63) is 22.9 Å². The number of hydrogen-bond acceptors (Lipinski definition) is 2. The maximum atomic E-state index is 4.23. The van der Waals surface area contributed by atoms with Crippen molar-refractivity contribution in [3.63, 3.8) is 0 Å². The first-order chi connectivity index (χ1) is 7.77. The third kappa shape index (κ3) is 2.97. The summed E-state index contributed by atoms with van der Waals surface area (Å²) >= 11 is 3.48. The molecule has 1 atom stereocenters. The average Bonchev–Trinajstić information content (AvgIpc) is 2.33. The second-order valence-corrected chi connectivity index (χ2v) is 5.42. The van der Waals surface area contributed by atoms with Crippen LogP contribution in [0.15, 0.2) is 22.9 Å². The molecule has 2 rings (SSSR count). The molecule has 88 valence electrons. The third-order valence-corrected chi connectivity index (χ3v) is 4.13. The van der Waals surface area contributed by atoms with Crippen molar-refractivity contribution in [2.24, 2.45) is 5.92 Å². The molecule has 0 aliphatic heterocycles. The van der Waals surface area contributed by atoms with Gasteiger partial charge in [-0.05, 0) is 53.7 Å². The molecule has 1 N–H and O–H groups in total. The summed E-state index contributed by atoms with van der Waals surface area (Å²) in [5, 5.41) is 3.57. The second-order valence-electron chi connectivity index (χ2n) is 4.67. The molecule has 1 aliphatic rings. The van der Waals surface area contributed by atoms with Crippen molar-refractivity contribution < 1.29 is 0 Å². The highest BCUT2D eigenvalue weighted by atomic mass is 79.9. The summed E-state index contributed by atoms with van der Waals surface area (Å²) in [4.78, 5) is 4.23. The van der Waals surface area contributed by atoms with E-state index in [0.717, 1.165) is 16.2 Å². The molecule has 0 aromatic carbocycles. The van der Waals surface area contributed by atoms with Crippen molar-refractivity contribution in [1.29, 1.82) is 0 Å². The first-order valence-electron chi connectivity index (χ1n) is 6.14. The molecule has 1 aromatic heterocycles. The van der Waals surface area contributed by atoms with E-state index >= 15 is 0 Å². The molecule has 0 bridgehead atoms. The van der Waals surface area contributed by atoms with Gasteiger partial charge >= 0.3 is 0 Å². The Hall–Kier alpha value is -0.570. The summed E-state index contributed by atoms with van der Waals surface area (Å²) in [6.07, 6.45) is 8.74. The van der Waals surface area contributed by atoms with Crippen molar-refractivity contribution in [2.75, 3.05) is 5.32 Å². The molecule has 1 fully saturated rings. The lowest BCUT2D eigenvalue weighted by molar-refractivity contribution is 0.328. The minimum atomic E-state index is 0.542. The van der Waals surface area contributed by atoms with Crippen LogP contribution in [0.1, 0.15) is 39.0 Å². The van der Waals surface area contributed by atoms with Crippen molar-refractivity contribution in [2.45, 2.75) is 45.1 Å². The summed E-state index contributed by atoms with van der Waals surface area (Å²) in [6, 6.07) is 4.60. The van der Waals surface area contributed by atoms with E-state index in [1.165, 1.54) is 32.1 Å². The molecule has 1 heterocycles. The Kier molecular flexibility index (Phi) is 4.22.